The van der Waals surface area contributed by atoms with Gasteiger partial charge in [0.2, 0.25) is 5.91 Å². The molecule has 2 N–H and O–H groups in total. The van der Waals surface area contributed by atoms with Crippen molar-refractivity contribution in [3.63, 3.8) is 0 Å². The second-order valence-corrected chi connectivity index (χ2v) is 7.91. The number of rotatable bonds is 5. The molecule has 8 nitrogen and oxygen atoms in total. The van der Waals surface area contributed by atoms with E-state index < -0.39 is 6.09 Å². The summed E-state index contributed by atoms with van der Waals surface area (Å²) in [6.45, 7) is 1.02. The molecule has 2 amide bonds. The van der Waals surface area contributed by atoms with Crippen LogP contribution in [0, 0.1) is 11.3 Å². The normalized spacial score (nSPS) is 18.5. The number of carbonyl (C=O) groups excluding carboxylic acids is 2. The summed E-state index contributed by atoms with van der Waals surface area (Å²) in [5, 5.41) is 15.6. The SMILES string of the molecule is N#Cc1c(NC(=O)/C=C/c2ccco2)sc2c1CCC(OC(=O)NC1COC1)C2. The summed E-state index contributed by atoms with van der Waals surface area (Å²) in [5.74, 6) is 0.226. The van der Waals surface area contributed by atoms with Crippen LogP contribution in [0.1, 0.15) is 28.2 Å². The zero-order chi connectivity index (χ0) is 20.2. The van der Waals surface area contributed by atoms with Gasteiger partial charge in [0.05, 0.1) is 31.1 Å². The predicted octanol–water partition coefficient (Wildman–Crippen LogP) is 2.85. The molecule has 1 aliphatic heterocycles. The zero-order valence-corrected chi connectivity index (χ0v) is 16.3. The van der Waals surface area contributed by atoms with Gasteiger partial charge in [-0.1, -0.05) is 0 Å². The second-order valence-electron chi connectivity index (χ2n) is 6.81. The lowest BCUT2D eigenvalue weighted by molar-refractivity contribution is -0.111. The lowest BCUT2D eigenvalue weighted by Crippen LogP contribution is -2.49. The molecule has 1 saturated heterocycles. The van der Waals surface area contributed by atoms with Gasteiger partial charge in [-0.05, 0) is 36.6 Å². The first-order chi connectivity index (χ1) is 14.1. The van der Waals surface area contributed by atoms with Gasteiger partial charge < -0.3 is 24.5 Å². The molecule has 0 bridgehead atoms. The van der Waals surface area contributed by atoms with Gasteiger partial charge in [0, 0.05) is 17.4 Å². The average Bonchev–Trinajstić information content (AvgIpc) is 3.30. The molecule has 9 heteroatoms. The molecule has 150 valence electrons. The Morgan fingerprint density at radius 1 is 1.38 bits per heavy atom. The van der Waals surface area contributed by atoms with E-state index in [4.69, 9.17) is 13.9 Å². The van der Waals surface area contributed by atoms with Crippen molar-refractivity contribution in [1.82, 2.24) is 5.32 Å². The van der Waals surface area contributed by atoms with Gasteiger partial charge in [-0.2, -0.15) is 5.26 Å². The lowest BCUT2D eigenvalue weighted by Gasteiger charge is -2.28. The summed E-state index contributed by atoms with van der Waals surface area (Å²) in [6, 6.07) is 5.69. The van der Waals surface area contributed by atoms with Crippen molar-refractivity contribution in [2.45, 2.75) is 31.4 Å². The van der Waals surface area contributed by atoms with E-state index in [0.717, 1.165) is 10.4 Å². The Hall–Kier alpha value is -3.09. The quantitative estimate of drug-likeness (QED) is 0.729. The van der Waals surface area contributed by atoms with Crippen molar-refractivity contribution in [2.24, 2.45) is 0 Å². The van der Waals surface area contributed by atoms with Gasteiger partial charge in [0.25, 0.3) is 0 Å². The van der Waals surface area contributed by atoms with Gasteiger partial charge in [0.1, 0.15) is 22.9 Å². The van der Waals surface area contributed by atoms with Crippen molar-refractivity contribution >= 4 is 34.4 Å². The monoisotopic (exact) mass is 413 g/mol. The zero-order valence-electron chi connectivity index (χ0n) is 15.5. The van der Waals surface area contributed by atoms with E-state index in [2.05, 4.69) is 16.7 Å². The lowest BCUT2D eigenvalue weighted by atomic mass is 9.94. The summed E-state index contributed by atoms with van der Waals surface area (Å²) in [5.41, 5.74) is 1.41. The maximum atomic E-state index is 12.2. The topological polar surface area (TPSA) is 114 Å². The van der Waals surface area contributed by atoms with Crippen LogP contribution in [0.3, 0.4) is 0 Å². The number of nitriles is 1. The Balaban J connectivity index is 1.39. The molecule has 4 rings (SSSR count). The molecule has 1 fully saturated rings. The third-order valence-electron chi connectivity index (χ3n) is 4.74. The fourth-order valence-electron chi connectivity index (χ4n) is 3.23. The second kappa shape index (κ2) is 8.51. The van der Waals surface area contributed by atoms with Gasteiger partial charge in [-0.3, -0.25) is 4.79 Å². The van der Waals surface area contributed by atoms with Crippen molar-refractivity contribution in [1.29, 1.82) is 5.26 Å². The van der Waals surface area contributed by atoms with Crippen LogP contribution in [0.4, 0.5) is 9.80 Å². The minimum Gasteiger partial charge on any atom is -0.465 e. The molecule has 1 unspecified atom stereocenters. The first kappa shape index (κ1) is 19.2. The molecule has 0 saturated carbocycles. The molecule has 0 spiro atoms. The van der Waals surface area contributed by atoms with Crippen LogP contribution in [0.15, 0.2) is 28.9 Å². The Morgan fingerprint density at radius 2 is 2.24 bits per heavy atom. The molecule has 1 atom stereocenters. The van der Waals surface area contributed by atoms with Crippen molar-refractivity contribution in [3.05, 3.63) is 46.2 Å². The van der Waals surface area contributed by atoms with Crippen molar-refractivity contribution in [2.75, 3.05) is 18.5 Å². The van der Waals surface area contributed by atoms with Gasteiger partial charge in [0.15, 0.2) is 0 Å². The summed E-state index contributed by atoms with van der Waals surface area (Å²) in [6.07, 6.45) is 5.54. The summed E-state index contributed by atoms with van der Waals surface area (Å²) >= 11 is 1.36. The van der Waals surface area contributed by atoms with E-state index in [-0.39, 0.29) is 18.1 Å². The first-order valence-electron chi connectivity index (χ1n) is 9.24. The van der Waals surface area contributed by atoms with Gasteiger partial charge >= 0.3 is 6.09 Å². The minimum atomic E-state index is -0.444. The number of ether oxygens (including phenoxy) is 2. The Kier molecular flexibility index (Phi) is 5.64. The summed E-state index contributed by atoms with van der Waals surface area (Å²) < 4.78 is 15.7. The minimum absolute atomic E-state index is 0.0182. The average molecular weight is 413 g/mol. The van der Waals surface area contributed by atoms with Crippen molar-refractivity contribution < 1.29 is 23.5 Å². The highest BCUT2D eigenvalue weighted by molar-refractivity contribution is 7.16. The molecule has 0 aromatic carbocycles. The van der Waals surface area contributed by atoms with Crippen LogP contribution in [0.2, 0.25) is 0 Å². The smallest absolute Gasteiger partial charge is 0.407 e. The number of hydrogen-bond donors (Lipinski definition) is 2. The summed E-state index contributed by atoms with van der Waals surface area (Å²) in [4.78, 5) is 25.1. The number of carbonyl (C=O) groups is 2. The van der Waals surface area contributed by atoms with E-state index in [0.29, 0.717) is 48.8 Å². The fourth-order valence-corrected chi connectivity index (χ4v) is 4.50. The number of nitrogens with one attached hydrogen (secondary N) is 2. The highest BCUT2D eigenvalue weighted by Crippen LogP contribution is 2.38. The maximum Gasteiger partial charge on any atom is 0.407 e. The molecular formula is C20H19N3O5S. The number of hydrogen-bond acceptors (Lipinski definition) is 7. The molecule has 2 aromatic heterocycles. The number of alkyl carbamates (subject to hydrolysis) is 1. The van der Waals surface area contributed by atoms with Crippen LogP contribution < -0.4 is 10.6 Å². The Bertz CT molecular complexity index is 969. The van der Waals surface area contributed by atoms with E-state index in [9.17, 15) is 14.9 Å². The van der Waals surface area contributed by atoms with Crippen LogP contribution in [0.5, 0.6) is 0 Å². The molecule has 3 heterocycles. The standard InChI is InChI=1S/C20H19N3O5S/c21-9-16-15-5-3-14(28-20(25)22-12-10-26-11-12)8-17(15)29-19(16)23-18(24)6-4-13-2-1-7-27-13/h1-2,4,6-7,12,14H,3,5,8,10-11H2,(H,22,25)(H,23,24)/b6-4+. The predicted molar refractivity (Wildman–Crippen MR) is 105 cm³/mol. The number of anilines is 1. The Labute approximate surface area is 171 Å². The van der Waals surface area contributed by atoms with Crippen LogP contribution in [-0.2, 0) is 27.1 Å². The Morgan fingerprint density at radius 3 is 2.93 bits per heavy atom. The highest BCUT2D eigenvalue weighted by atomic mass is 32.1. The van der Waals surface area contributed by atoms with E-state index in [1.54, 1.807) is 18.2 Å². The van der Waals surface area contributed by atoms with Crippen molar-refractivity contribution in [3.8, 4) is 6.07 Å². The molecule has 0 radical (unpaired) electrons. The molecule has 1 aliphatic carbocycles. The molecular weight excluding hydrogens is 394 g/mol. The number of furan rings is 1. The third-order valence-corrected chi connectivity index (χ3v) is 5.91. The molecule has 2 aromatic rings. The first-order valence-corrected chi connectivity index (χ1v) is 10.1. The van der Waals surface area contributed by atoms with Crippen LogP contribution in [-0.4, -0.2) is 37.4 Å². The molecule has 2 aliphatic rings. The number of nitrogens with zero attached hydrogens (tertiary/aromatic N) is 1. The van der Waals surface area contributed by atoms with E-state index in [1.165, 1.54) is 23.7 Å². The summed E-state index contributed by atoms with van der Waals surface area (Å²) in [7, 11) is 0. The fraction of sp³-hybridized carbons (Fsp3) is 0.350. The molecule has 29 heavy (non-hydrogen) atoms. The number of fused-ring (bicyclic) bond motifs is 1. The highest BCUT2D eigenvalue weighted by Gasteiger charge is 2.29. The van der Waals surface area contributed by atoms with Crippen LogP contribution in [0.25, 0.3) is 6.08 Å². The number of thiophene rings is 1. The largest absolute Gasteiger partial charge is 0.465 e. The maximum absolute atomic E-state index is 12.2. The third kappa shape index (κ3) is 4.50. The van der Waals surface area contributed by atoms with E-state index in [1.807, 2.05) is 0 Å². The van der Waals surface area contributed by atoms with E-state index >= 15 is 0 Å². The van der Waals surface area contributed by atoms with Gasteiger partial charge in [-0.15, -0.1) is 11.3 Å². The van der Waals surface area contributed by atoms with Crippen LogP contribution >= 0.6 is 11.3 Å². The number of amides is 2. The van der Waals surface area contributed by atoms with Gasteiger partial charge in [-0.25, -0.2) is 4.79 Å².